The van der Waals surface area contributed by atoms with Crippen LogP contribution in [0.3, 0.4) is 0 Å². The number of fused-ring (bicyclic) bond motifs is 1. The fourth-order valence-corrected chi connectivity index (χ4v) is 2.73. The summed E-state index contributed by atoms with van der Waals surface area (Å²) in [6, 6.07) is 11.2. The van der Waals surface area contributed by atoms with E-state index in [1.165, 1.54) is 21.3 Å². The molecule has 0 saturated heterocycles. The molecule has 3 aromatic rings. The highest BCUT2D eigenvalue weighted by Crippen LogP contribution is 2.38. The van der Waals surface area contributed by atoms with E-state index in [-0.39, 0.29) is 5.78 Å². The number of hydrogen-bond donors (Lipinski definition) is 1. The zero-order valence-corrected chi connectivity index (χ0v) is 14.1. The molecule has 24 heavy (non-hydrogen) atoms. The average Bonchev–Trinajstić information content (AvgIpc) is 3.02. The number of carbonyl (C=O) groups excluding carboxylic acids is 1. The van der Waals surface area contributed by atoms with Crippen molar-refractivity contribution in [1.82, 2.24) is 4.98 Å². The molecule has 0 aliphatic carbocycles. The monoisotopic (exact) mass is 325 g/mol. The number of aryl methyl sites for hydroxylation is 1. The van der Waals surface area contributed by atoms with Crippen LogP contribution in [0.2, 0.25) is 0 Å². The van der Waals surface area contributed by atoms with Crippen molar-refractivity contribution in [3.05, 3.63) is 53.2 Å². The first-order chi connectivity index (χ1) is 11.6. The second kappa shape index (κ2) is 6.28. The number of nitrogens with one attached hydrogen (secondary N) is 1. The van der Waals surface area contributed by atoms with Crippen LogP contribution in [0, 0.1) is 6.92 Å². The van der Waals surface area contributed by atoms with Crippen LogP contribution >= 0.6 is 0 Å². The van der Waals surface area contributed by atoms with Gasteiger partial charge in [-0.25, -0.2) is 0 Å². The first kappa shape index (κ1) is 15.9. The van der Waals surface area contributed by atoms with Crippen molar-refractivity contribution in [2.24, 2.45) is 0 Å². The Bertz CT molecular complexity index is 886. The molecule has 0 aliphatic heterocycles. The van der Waals surface area contributed by atoms with Crippen LogP contribution in [0.15, 0.2) is 36.4 Å². The largest absolute Gasteiger partial charge is 0.493 e. The van der Waals surface area contributed by atoms with Gasteiger partial charge in [-0.05, 0) is 36.8 Å². The van der Waals surface area contributed by atoms with Crippen molar-refractivity contribution in [3.63, 3.8) is 0 Å². The molecule has 1 N–H and O–H groups in total. The molecule has 124 valence electrons. The number of ketones is 1. The molecule has 0 aliphatic rings. The van der Waals surface area contributed by atoms with Crippen molar-refractivity contribution in [2.75, 3.05) is 21.3 Å². The van der Waals surface area contributed by atoms with E-state index >= 15 is 0 Å². The highest BCUT2D eigenvalue weighted by Gasteiger charge is 2.19. The topological polar surface area (TPSA) is 60.6 Å². The molecule has 0 amide bonds. The molecule has 5 heteroatoms. The number of carbonyl (C=O) groups is 1. The van der Waals surface area contributed by atoms with E-state index in [1.54, 1.807) is 12.1 Å². The Morgan fingerprint density at radius 2 is 1.58 bits per heavy atom. The highest BCUT2D eigenvalue weighted by molar-refractivity contribution is 6.10. The molecule has 3 rings (SSSR count). The van der Waals surface area contributed by atoms with Crippen LogP contribution in [0.25, 0.3) is 10.9 Å². The Labute approximate surface area is 140 Å². The summed E-state index contributed by atoms with van der Waals surface area (Å²) in [7, 11) is 4.58. The maximum absolute atomic E-state index is 12.9. The lowest BCUT2D eigenvalue weighted by atomic mass is 10.1. The number of benzene rings is 2. The molecule has 0 fully saturated rings. The van der Waals surface area contributed by atoms with E-state index in [0.29, 0.717) is 28.5 Å². The zero-order valence-electron chi connectivity index (χ0n) is 14.1. The Balaban J connectivity index is 2.08. The number of H-pyrrole nitrogens is 1. The van der Waals surface area contributed by atoms with Gasteiger partial charge in [0.05, 0.1) is 27.0 Å². The fourth-order valence-electron chi connectivity index (χ4n) is 2.73. The Morgan fingerprint density at radius 3 is 2.17 bits per heavy atom. The van der Waals surface area contributed by atoms with E-state index in [0.717, 1.165) is 16.5 Å². The lowest BCUT2D eigenvalue weighted by molar-refractivity contribution is 0.103. The van der Waals surface area contributed by atoms with E-state index in [4.69, 9.17) is 14.2 Å². The first-order valence-corrected chi connectivity index (χ1v) is 7.51. The predicted molar refractivity (Wildman–Crippen MR) is 92.6 cm³/mol. The highest BCUT2D eigenvalue weighted by atomic mass is 16.5. The molecule has 0 radical (unpaired) electrons. The van der Waals surface area contributed by atoms with Crippen molar-refractivity contribution < 1.29 is 19.0 Å². The molecule has 0 bridgehead atoms. The van der Waals surface area contributed by atoms with Crippen molar-refractivity contribution in [1.29, 1.82) is 0 Å². The molecule has 0 spiro atoms. The van der Waals surface area contributed by atoms with Crippen molar-refractivity contribution in [3.8, 4) is 17.2 Å². The van der Waals surface area contributed by atoms with Gasteiger partial charge in [0.15, 0.2) is 11.5 Å². The molecular weight excluding hydrogens is 306 g/mol. The molecule has 0 unspecified atom stereocenters. The standard InChI is InChI=1S/C19H19NO4/c1-11-5-6-12-8-15(20-14(12)7-11)18(21)13-9-16(22-2)19(24-4)17(10-13)23-3/h5-10,20H,1-4H3. The van der Waals surface area contributed by atoms with Crippen molar-refractivity contribution in [2.45, 2.75) is 6.92 Å². The molecule has 5 nitrogen and oxygen atoms in total. The summed E-state index contributed by atoms with van der Waals surface area (Å²) in [5, 5.41) is 0.997. The van der Waals surface area contributed by atoms with Crippen LogP contribution in [0.5, 0.6) is 17.2 Å². The molecular formula is C19H19NO4. The second-order valence-electron chi connectivity index (χ2n) is 5.52. The summed E-state index contributed by atoms with van der Waals surface area (Å²) < 4.78 is 15.9. The van der Waals surface area contributed by atoms with E-state index in [1.807, 2.05) is 31.2 Å². The number of aromatic nitrogens is 1. The molecule has 1 aromatic heterocycles. The van der Waals surface area contributed by atoms with E-state index < -0.39 is 0 Å². The fraction of sp³-hybridized carbons (Fsp3) is 0.211. The third-order valence-electron chi connectivity index (χ3n) is 3.95. The van der Waals surface area contributed by atoms with E-state index in [2.05, 4.69) is 4.98 Å². The van der Waals surface area contributed by atoms with Gasteiger partial charge in [0.25, 0.3) is 0 Å². The third kappa shape index (κ3) is 2.69. The van der Waals surface area contributed by atoms with Crippen LogP contribution in [0.1, 0.15) is 21.6 Å². The number of methoxy groups -OCH3 is 3. The Hall–Kier alpha value is -2.95. The van der Waals surface area contributed by atoms with Gasteiger partial charge in [-0.2, -0.15) is 0 Å². The van der Waals surface area contributed by atoms with Crippen LogP contribution < -0.4 is 14.2 Å². The first-order valence-electron chi connectivity index (χ1n) is 7.51. The second-order valence-corrected chi connectivity index (χ2v) is 5.52. The van der Waals surface area contributed by atoms with E-state index in [9.17, 15) is 4.79 Å². The van der Waals surface area contributed by atoms with Gasteiger partial charge < -0.3 is 19.2 Å². The number of rotatable bonds is 5. The predicted octanol–water partition coefficient (Wildman–Crippen LogP) is 3.73. The number of hydrogen-bond acceptors (Lipinski definition) is 4. The minimum atomic E-state index is -0.136. The van der Waals surface area contributed by atoms with Gasteiger partial charge >= 0.3 is 0 Å². The zero-order chi connectivity index (χ0) is 17.3. The summed E-state index contributed by atoms with van der Waals surface area (Å²) in [6.45, 7) is 2.01. The Morgan fingerprint density at radius 1 is 0.917 bits per heavy atom. The smallest absolute Gasteiger partial charge is 0.209 e. The van der Waals surface area contributed by atoms with Gasteiger partial charge in [-0.1, -0.05) is 12.1 Å². The summed E-state index contributed by atoms with van der Waals surface area (Å²) >= 11 is 0. The van der Waals surface area contributed by atoms with Crippen LogP contribution in [-0.2, 0) is 0 Å². The lowest BCUT2D eigenvalue weighted by Crippen LogP contribution is -2.04. The Kier molecular flexibility index (Phi) is 4.16. The molecule has 0 saturated carbocycles. The number of ether oxygens (including phenoxy) is 3. The van der Waals surface area contributed by atoms with Gasteiger partial charge in [-0.15, -0.1) is 0 Å². The minimum absolute atomic E-state index is 0.136. The SMILES string of the molecule is COc1cc(C(=O)c2cc3ccc(C)cc3[nH]2)cc(OC)c1OC. The molecule has 0 atom stereocenters. The van der Waals surface area contributed by atoms with Gasteiger partial charge in [0.1, 0.15) is 0 Å². The van der Waals surface area contributed by atoms with Gasteiger partial charge in [-0.3, -0.25) is 4.79 Å². The van der Waals surface area contributed by atoms with Crippen LogP contribution in [-0.4, -0.2) is 32.1 Å². The summed E-state index contributed by atoms with van der Waals surface area (Å²) in [5.41, 5.74) is 3.06. The molecule has 2 aromatic carbocycles. The van der Waals surface area contributed by atoms with Gasteiger partial charge in [0.2, 0.25) is 11.5 Å². The quantitative estimate of drug-likeness (QED) is 0.726. The van der Waals surface area contributed by atoms with Crippen molar-refractivity contribution >= 4 is 16.7 Å². The summed E-state index contributed by atoms with van der Waals surface area (Å²) in [5.74, 6) is 1.23. The summed E-state index contributed by atoms with van der Waals surface area (Å²) in [6.07, 6.45) is 0. The summed E-state index contributed by atoms with van der Waals surface area (Å²) in [4.78, 5) is 16.0. The maximum Gasteiger partial charge on any atom is 0.209 e. The normalized spacial score (nSPS) is 10.7. The number of aromatic amines is 1. The lowest BCUT2D eigenvalue weighted by Gasteiger charge is -2.13. The molecule has 1 heterocycles. The maximum atomic E-state index is 12.9. The third-order valence-corrected chi connectivity index (χ3v) is 3.95. The average molecular weight is 325 g/mol. The van der Waals surface area contributed by atoms with Gasteiger partial charge in [0, 0.05) is 16.5 Å². The van der Waals surface area contributed by atoms with Crippen LogP contribution in [0.4, 0.5) is 0 Å². The minimum Gasteiger partial charge on any atom is -0.493 e.